The molecule has 0 aromatic heterocycles. The largest absolute Gasteiger partial charge is 0.480 e. The van der Waals surface area contributed by atoms with E-state index in [1.54, 1.807) is 6.92 Å². The van der Waals surface area contributed by atoms with E-state index in [1.165, 1.54) is 0 Å². The molecule has 3 aromatic carbocycles. The Labute approximate surface area is 233 Å². The molecule has 5 rings (SSSR count). The van der Waals surface area contributed by atoms with Gasteiger partial charge in [-0.25, -0.2) is 9.59 Å². The van der Waals surface area contributed by atoms with E-state index >= 15 is 0 Å². The molecule has 0 bridgehead atoms. The fourth-order valence-electron chi connectivity index (χ4n) is 5.34. The number of carbonyl (C=O) groups is 3. The molecule has 8 nitrogen and oxygen atoms in total. The van der Waals surface area contributed by atoms with Crippen LogP contribution in [0.5, 0.6) is 0 Å². The monoisotopic (exact) mass is 542 g/mol. The molecule has 2 amide bonds. The van der Waals surface area contributed by atoms with Gasteiger partial charge in [0, 0.05) is 18.4 Å². The maximum absolute atomic E-state index is 12.9. The summed E-state index contributed by atoms with van der Waals surface area (Å²) in [6.07, 6.45) is 0.405. The zero-order chi connectivity index (χ0) is 28.1. The number of alkyl carbamates (subject to hydrolysis) is 1. The molecule has 1 fully saturated rings. The summed E-state index contributed by atoms with van der Waals surface area (Å²) in [6, 6.07) is 24.0. The highest BCUT2D eigenvalue weighted by Gasteiger charge is 2.36. The summed E-state index contributed by atoms with van der Waals surface area (Å²) in [5.41, 5.74) is 5.45. The number of ether oxygens (including phenoxy) is 2. The fourth-order valence-corrected chi connectivity index (χ4v) is 5.34. The van der Waals surface area contributed by atoms with E-state index < -0.39 is 36.2 Å². The molecular weight excluding hydrogens is 508 g/mol. The molecule has 3 atom stereocenters. The van der Waals surface area contributed by atoms with Gasteiger partial charge in [-0.15, -0.1) is 0 Å². The third-order valence-corrected chi connectivity index (χ3v) is 7.65. The molecule has 0 radical (unpaired) electrons. The number of amides is 2. The van der Waals surface area contributed by atoms with Crippen LogP contribution in [0.4, 0.5) is 4.79 Å². The lowest BCUT2D eigenvalue weighted by Crippen LogP contribution is -2.50. The van der Waals surface area contributed by atoms with E-state index in [-0.39, 0.29) is 31.5 Å². The summed E-state index contributed by atoms with van der Waals surface area (Å²) in [5.74, 6) is -1.55. The van der Waals surface area contributed by atoms with Gasteiger partial charge in [0.05, 0.1) is 12.7 Å². The van der Waals surface area contributed by atoms with Crippen molar-refractivity contribution in [2.75, 3.05) is 6.61 Å². The Bertz CT molecular complexity index is 1310. The van der Waals surface area contributed by atoms with Crippen LogP contribution in [-0.2, 0) is 25.7 Å². The number of carboxylic acids is 1. The van der Waals surface area contributed by atoms with Gasteiger partial charge in [-0.1, -0.05) is 78.9 Å². The van der Waals surface area contributed by atoms with E-state index in [0.717, 1.165) is 40.7 Å². The van der Waals surface area contributed by atoms with Gasteiger partial charge in [0.25, 0.3) is 0 Å². The third kappa shape index (κ3) is 6.51. The Kier molecular flexibility index (Phi) is 8.45. The van der Waals surface area contributed by atoms with Gasteiger partial charge in [0.15, 0.2) is 6.04 Å². The highest BCUT2D eigenvalue weighted by molar-refractivity contribution is 5.85. The van der Waals surface area contributed by atoms with Crippen molar-refractivity contribution in [2.45, 2.75) is 56.9 Å². The molecule has 3 N–H and O–H groups in total. The SMILES string of the molecule is C[C@@H](OCc1ccccc1)[C@H](NC(=O)CC(NC(=O)OCC1c2ccccc2-c2ccccc21)C1CC1)C(=O)O. The minimum absolute atomic E-state index is 0.0377. The lowest BCUT2D eigenvalue weighted by atomic mass is 9.98. The second kappa shape index (κ2) is 12.3. The number of hydrogen-bond acceptors (Lipinski definition) is 5. The second-order valence-electron chi connectivity index (χ2n) is 10.5. The highest BCUT2D eigenvalue weighted by Crippen LogP contribution is 2.44. The van der Waals surface area contributed by atoms with E-state index in [0.29, 0.717) is 0 Å². The molecule has 3 aromatic rings. The Morgan fingerprint density at radius 1 is 0.875 bits per heavy atom. The van der Waals surface area contributed by atoms with Gasteiger partial charge in [-0.2, -0.15) is 0 Å². The molecular formula is C32H34N2O6. The molecule has 2 aliphatic rings. The first-order valence-corrected chi connectivity index (χ1v) is 13.7. The van der Waals surface area contributed by atoms with Gasteiger partial charge in [-0.05, 0) is 53.5 Å². The molecule has 0 heterocycles. The summed E-state index contributed by atoms with van der Waals surface area (Å²) >= 11 is 0. The number of hydrogen-bond donors (Lipinski definition) is 3. The normalized spacial score (nSPS) is 16.2. The predicted molar refractivity (Wildman–Crippen MR) is 150 cm³/mol. The van der Waals surface area contributed by atoms with Crippen LogP contribution in [0.15, 0.2) is 78.9 Å². The topological polar surface area (TPSA) is 114 Å². The van der Waals surface area contributed by atoms with Crippen molar-refractivity contribution in [1.29, 1.82) is 0 Å². The first-order valence-electron chi connectivity index (χ1n) is 13.7. The number of rotatable bonds is 12. The van der Waals surface area contributed by atoms with Crippen molar-refractivity contribution in [3.8, 4) is 11.1 Å². The summed E-state index contributed by atoms with van der Waals surface area (Å²) < 4.78 is 11.4. The Hall–Kier alpha value is -4.17. The zero-order valence-electron chi connectivity index (χ0n) is 22.4. The lowest BCUT2D eigenvalue weighted by Gasteiger charge is -2.24. The van der Waals surface area contributed by atoms with Crippen LogP contribution in [0, 0.1) is 5.92 Å². The average molecular weight is 543 g/mol. The standard InChI is InChI=1S/C32H34N2O6/c1-20(39-18-21-9-3-2-4-10-21)30(31(36)37)34-29(35)17-28(22-15-16-22)33-32(38)40-19-27-25-13-7-5-11-23(25)24-12-6-8-14-26(24)27/h2-14,20,22,27-28,30H,15-19H2,1H3,(H,33,38)(H,34,35)(H,36,37)/t20-,28?,30+/m1/s1. The average Bonchev–Trinajstić information content (AvgIpc) is 3.76. The molecule has 0 aliphatic heterocycles. The van der Waals surface area contributed by atoms with E-state index in [9.17, 15) is 19.5 Å². The summed E-state index contributed by atoms with van der Waals surface area (Å²) in [7, 11) is 0. The Morgan fingerprint density at radius 3 is 2.08 bits per heavy atom. The van der Waals surface area contributed by atoms with Crippen molar-refractivity contribution in [2.24, 2.45) is 5.92 Å². The summed E-state index contributed by atoms with van der Waals surface area (Å²) in [4.78, 5) is 37.6. The molecule has 1 unspecified atom stereocenters. The Balaban J connectivity index is 1.15. The highest BCUT2D eigenvalue weighted by atomic mass is 16.5. The van der Waals surface area contributed by atoms with Crippen LogP contribution in [0.25, 0.3) is 11.1 Å². The summed E-state index contributed by atoms with van der Waals surface area (Å²) in [6.45, 7) is 2.03. The van der Waals surface area contributed by atoms with Crippen LogP contribution in [0.1, 0.15) is 48.8 Å². The van der Waals surface area contributed by atoms with E-state index in [2.05, 4.69) is 34.9 Å². The number of fused-ring (bicyclic) bond motifs is 3. The minimum atomic E-state index is -1.22. The maximum Gasteiger partial charge on any atom is 0.407 e. The van der Waals surface area contributed by atoms with Gasteiger partial charge in [-0.3, -0.25) is 4.79 Å². The van der Waals surface area contributed by atoms with Crippen molar-refractivity contribution in [3.05, 3.63) is 95.6 Å². The third-order valence-electron chi connectivity index (χ3n) is 7.65. The van der Waals surface area contributed by atoms with Crippen molar-refractivity contribution in [1.82, 2.24) is 10.6 Å². The van der Waals surface area contributed by atoms with Gasteiger partial charge in [0.1, 0.15) is 6.61 Å². The van der Waals surface area contributed by atoms with Crippen molar-refractivity contribution in [3.63, 3.8) is 0 Å². The van der Waals surface area contributed by atoms with Crippen LogP contribution < -0.4 is 10.6 Å². The lowest BCUT2D eigenvalue weighted by molar-refractivity contribution is -0.146. The van der Waals surface area contributed by atoms with E-state index in [4.69, 9.17) is 9.47 Å². The summed E-state index contributed by atoms with van der Waals surface area (Å²) in [5, 5.41) is 15.2. The van der Waals surface area contributed by atoms with Crippen LogP contribution in [0.3, 0.4) is 0 Å². The molecule has 0 spiro atoms. The number of carbonyl (C=O) groups excluding carboxylic acids is 2. The van der Waals surface area contributed by atoms with Gasteiger partial charge in [0.2, 0.25) is 5.91 Å². The fraction of sp³-hybridized carbons (Fsp3) is 0.344. The molecule has 208 valence electrons. The first kappa shape index (κ1) is 27.4. The quantitative estimate of drug-likeness (QED) is 0.301. The number of benzene rings is 3. The first-order chi connectivity index (χ1) is 19.4. The number of carboxylic acid groups (broad SMARTS) is 1. The smallest absolute Gasteiger partial charge is 0.407 e. The molecule has 8 heteroatoms. The van der Waals surface area contributed by atoms with Gasteiger partial charge < -0.3 is 25.2 Å². The molecule has 1 saturated carbocycles. The van der Waals surface area contributed by atoms with Crippen molar-refractivity contribution < 1.29 is 29.0 Å². The molecule has 2 aliphatic carbocycles. The number of nitrogens with one attached hydrogen (secondary N) is 2. The number of aliphatic carboxylic acids is 1. The van der Waals surface area contributed by atoms with Crippen LogP contribution >= 0.6 is 0 Å². The van der Waals surface area contributed by atoms with Gasteiger partial charge >= 0.3 is 12.1 Å². The molecule has 40 heavy (non-hydrogen) atoms. The Morgan fingerprint density at radius 2 is 1.48 bits per heavy atom. The predicted octanol–water partition coefficient (Wildman–Crippen LogP) is 4.87. The zero-order valence-corrected chi connectivity index (χ0v) is 22.4. The van der Waals surface area contributed by atoms with Crippen molar-refractivity contribution >= 4 is 18.0 Å². The van der Waals surface area contributed by atoms with Crippen LogP contribution in [0.2, 0.25) is 0 Å². The molecule has 0 saturated heterocycles. The maximum atomic E-state index is 12.9. The van der Waals surface area contributed by atoms with Crippen LogP contribution in [-0.4, -0.2) is 47.9 Å². The minimum Gasteiger partial charge on any atom is -0.480 e. The van der Waals surface area contributed by atoms with E-state index in [1.807, 2.05) is 54.6 Å². The second-order valence-corrected chi connectivity index (χ2v) is 10.5.